The first kappa shape index (κ1) is 19.0. The quantitative estimate of drug-likeness (QED) is 0.651. The van der Waals surface area contributed by atoms with Gasteiger partial charge in [0.1, 0.15) is 0 Å². The van der Waals surface area contributed by atoms with E-state index in [1.165, 1.54) is 6.20 Å². The van der Waals surface area contributed by atoms with E-state index in [0.29, 0.717) is 34.1 Å². The van der Waals surface area contributed by atoms with Crippen LogP contribution in [0.4, 0.5) is 0 Å². The van der Waals surface area contributed by atoms with Gasteiger partial charge in [-0.2, -0.15) is 0 Å². The number of nitrogens with zero attached hydrogens (tertiary/aromatic N) is 2. The van der Waals surface area contributed by atoms with E-state index in [4.69, 9.17) is 29.7 Å². The van der Waals surface area contributed by atoms with Crippen molar-refractivity contribution in [2.45, 2.75) is 20.5 Å². The molecule has 22 heavy (non-hydrogen) atoms. The van der Waals surface area contributed by atoms with E-state index in [1.807, 2.05) is 13.8 Å². The summed E-state index contributed by atoms with van der Waals surface area (Å²) in [4.78, 5) is 18.1. The Morgan fingerprint density at radius 2 is 1.73 bits per heavy atom. The largest absolute Gasteiger partial charge is 0.392 e. The van der Waals surface area contributed by atoms with Crippen molar-refractivity contribution < 1.29 is 11.3 Å². The molecule has 0 aliphatic heterocycles. The molecule has 0 amide bonds. The molecule has 0 aliphatic rings. The number of rotatable bonds is 2. The molecule has 0 aliphatic carbocycles. The third-order valence-electron chi connectivity index (χ3n) is 2.38. The fourth-order valence-corrected chi connectivity index (χ4v) is 1.81. The molecule has 1 atom stereocenters. The van der Waals surface area contributed by atoms with Crippen molar-refractivity contribution in [1.82, 2.24) is 9.97 Å². The van der Waals surface area contributed by atoms with Crippen molar-refractivity contribution in [2.75, 3.05) is 6.64 Å². The summed E-state index contributed by atoms with van der Waals surface area (Å²) < 4.78 is 6.17. The first-order valence-corrected chi connectivity index (χ1v) is 7.75. The van der Waals surface area contributed by atoms with Crippen LogP contribution in [0.1, 0.15) is 28.7 Å². The smallest absolute Gasteiger partial charge is 0.153 e. The minimum atomic E-state index is -0.0495. The van der Waals surface area contributed by atoms with Gasteiger partial charge in [0, 0.05) is 35.7 Å². The average molecular weight is 362 g/mol. The predicted molar refractivity (Wildman–Crippen MR) is 94.9 cm³/mol. The molecule has 0 aromatic carbocycles. The van der Waals surface area contributed by atoms with Crippen molar-refractivity contribution in [3.63, 3.8) is 0 Å². The number of aliphatic hydroxyl groups is 1. The molecule has 2 rings (SSSR count). The Morgan fingerprint density at radius 1 is 1.23 bits per heavy atom. The molecule has 7 heteroatoms. The Kier molecular flexibility index (Phi) is 9.93. The van der Waals surface area contributed by atoms with Gasteiger partial charge in [-0.05, 0) is 26.0 Å². The zero-order valence-corrected chi connectivity index (χ0v) is 15.1. The number of carbonyl (C=O) groups excluding carboxylic acids is 1. The summed E-state index contributed by atoms with van der Waals surface area (Å²) >= 11 is 11.4. The van der Waals surface area contributed by atoms with Crippen LogP contribution in [0, 0.1) is 13.8 Å². The van der Waals surface area contributed by atoms with Crippen LogP contribution < -0.4 is 0 Å². The lowest BCUT2D eigenvalue weighted by molar-refractivity contribution is 0.112. The molecule has 0 saturated heterocycles. The van der Waals surface area contributed by atoms with Gasteiger partial charge in [-0.1, -0.05) is 29.8 Å². The van der Waals surface area contributed by atoms with E-state index in [9.17, 15) is 4.79 Å². The standard InChI is InChI=1S/C7H8ClNO.C7H6ClNO.CH5P/c2*1-5-2-7(8)6(4-10)3-9-5;1-2/h2-3,10H,4H2,1H3;2-4H,1H3;2H2,1H3/i;;1D. The number of pyridine rings is 2. The molecule has 0 radical (unpaired) electrons. The number of halogens is 2. The van der Waals surface area contributed by atoms with Crippen molar-refractivity contribution in [1.29, 1.82) is 0 Å². The minimum Gasteiger partial charge on any atom is -0.392 e. The van der Waals surface area contributed by atoms with Crippen molar-refractivity contribution in [3.05, 3.63) is 57.1 Å². The maximum Gasteiger partial charge on any atom is 0.153 e. The maximum atomic E-state index is 10.2. The van der Waals surface area contributed by atoms with E-state index < -0.39 is 0 Å². The molecule has 0 spiro atoms. The van der Waals surface area contributed by atoms with E-state index >= 15 is 0 Å². The summed E-state index contributed by atoms with van der Waals surface area (Å²) in [5, 5.41) is 9.72. The number of carbonyl (C=O) groups is 1. The number of hydrogen-bond acceptors (Lipinski definition) is 4. The lowest BCUT2D eigenvalue weighted by Gasteiger charge is -1.98. The Balaban J connectivity index is 0.000000360. The molecule has 120 valence electrons. The molecular weight excluding hydrogens is 342 g/mol. The Morgan fingerprint density at radius 3 is 2.14 bits per heavy atom. The topological polar surface area (TPSA) is 63.1 Å². The third-order valence-corrected chi connectivity index (χ3v) is 3.06. The van der Waals surface area contributed by atoms with Crippen LogP contribution in [0.15, 0.2) is 24.5 Å². The summed E-state index contributed by atoms with van der Waals surface area (Å²) in [6.07, 6.45) is 3.73. The van der Waals surface area contributed by atoms with Crippen LogP contribution >= 0.6 is 32.4 Å². The van der Waals surface area contributed by atoms with Gasteiger partial charge in [-0.3, -0.25) is 14.8 Å². The minimum absolute atomic E-state index is 0.0495. The summed E-state index contributed by atoms with van der Waals surface area (Å²) in [6, 6.07) is 3.39. The molecule has 2 heterocycles. The Hall–Kier alpha value is -1.06. The molecule has 0 saturated carbocycles. The highest BCUT2D eigenvalue weighted by molar-refractivity contribution is 7.15. The second-order valence-electron chi connectivity index (χ2n) is 4.04. The van der Waals surface area contributed by atoms with Gasteiger partial charge in [0.2, 0.25) is 0 Å². The number of aldehydes is 1. The van der Waals surface area contributed by atoms with Gasteiger partial charge in [0.05, 0.1) is 17.2 Å². The lowest BCUT2D eigenvalue weighted by atomic mass is 10.3. The fraction of sp³-hybridized carbons (Fsp3) is 0.267. The van der Waals surface area contributed by atoms with E-state index in [1.54, 1.807) is 18.3 Å². The molecule has 1 N–H and O–H groups in total. The molecular formula is C15H19Cl2N2O2P. The second-order valence-corrected chi connectivity index (χ2v) is 4.85. The zero-order chi connectivity index (χ0) is 17.8. The normalized spacial score (nSPS) is 9.64. The van der Waals surface area contributed by atoms with Crippen LogP contribution in [0.2, 0.25) is 10.0 Å². The summed E-state index contributed by atoms with van der Waals surface area (Å²) in [7, 11) is 2.25. The molecule has 4 nitrogen and oxygen atoms in total. The average Bonchev–Trinajstić information content (AvgIpc) is 2.49. The number of aryl methyl sites for hydroxylation is 2. The fourth-order valence-electron chi connectivity index (χ4n) is 1.29. The highest BCUT2D eigenvalue weighted by Gasteiger charge is 1.98. The van der Waals surface area contributed by atoms with Crippen LogP contribution in [0.3, 0.4) is 0 Å². The summed E-state index contributed by atoms with van der Waals surface area (Å²) in [5.41, 5.74) is 2.79. The van der Waals surface area contributed by atoms with E-state index in [-0.39, 0.29) is 6.61 Å². The molecule has 1 unspecified atom stereocenters. The van der Waals surface area contributed by atoms with Crippen molar-refractivity contribution in [3.8, 4) is 0 Å². The van der Waals surface area contributed by atoms with Crippen molar-refractivity contribution in [2.24, 2.45) is 0 Å². The molecule has 0 fully saturated rings. The highest BCUT2D eigenvalue weighted by Crippen LogP contribution is 2.14. The van der Waals surface area contributed by atoms with Gasteiger partial charge in [0.15, 0.2) is 6.29 Å². The first-order valence-electron chi connectivity index (χ1n) is 6.88. The number of aliphatic hydroxyl groups excluding tert-OH is 1. The Bertz CT molecular complexity index is 630. The zero-order valence-electron chi connectivity index (χ0n) is 13.4. The third kappa shape index (κ3) is 7.28. The predicted octanol–water partition coefficient (Wildman–Crippen LogP) is 3.88. The van der Waals surface area contributed by atoms with Gasteiger partial charge >= 0.3 is 0 Å². The number of aromatic nitrogens is 2. The highest BCUT2D eigenvalue weighted by atomic mass is 35.5. The van der Waals surface area contributed by atoms with Gasteiger partial charge in [0.25, 0.3) is 0 Å². The summed E-state index contributed by atoms with van der Waals surface area (Å²) in [5.74, 6) is 0. The molecule has 2 aromatic heterocycles. The van der Waals surface area contributed by atoms with Crippen LogP contribution in [0.25, 0.3) is 0 Å². The summed E-state index contributed by atoms with van der Waals surface area (Å²) in [6.45, 7) is 4.04. The van der Waals surface area contributed by atoms with Crippen molar-refractivity contribution >= 4 is 38.7 Å². The van der Waals surface area contributed by atoms with Crippen LogP contribution in [-0.4, -0.2) is 28.0 Å². The lowest BCUT2D eigenvalue weighted by Crippen LogP contribution is -1.88. The van der Waals surface area contributed by atoms with Crippen LogP contribution in [-0.2, 0) is 6.61 Å². The SMILES string of the molecule is Cc1cc(Cl)c(C=O)cn1.Cc1cc(Cl)c(CO)cn1.[2H]CP. The second kappa shape index (κ2) is 11.5. The maximum absolute atomic E-state index is 10.2. The molecule has 2 aromatic rings. The Labute approximate surface area is 144 Å². The molecule has 0 bridgehead atoms. The number of hydrogen-bond donors (Lipinski definition) is 1. The van der Waals surface area contributed by atoms with Crippen LogP contribution in [0.5, 0.6) is 0 Å². The van der Waals surface area contributed by atoms with E-state index in [2.05, 4.69) is 19.2 Å². The van der Waals surface area contributed by atoms with Gasteiger partial charge < -0.3 is 5.11 Å². The monoisotopic (exact) mass is 361 g/mol. The van der Waals surface area contributed by atoms with Gasteiger partial charge in [-0.25, -0.2) is 0 Å². The first-order chi connectivity index (χ1) is 10.9. The van der Waals surface area contributed by atoms with Gasteiger partial charge in [-0.15, -0.1) is 9.24 Å². The van der Waals surface area contributed by atoms with E-state index in [0.717, 1.165) is 11.4 Å².